The summed E-state index contributed by atoms with van der Waals surface area (Å²) in [5.41, 5.74) is 0.181. The number of benzene rings is 2. The third-order valence-corrected chi connectivity index (χ3v) is 7.76. The minimum Gasteiger partial charge on any atom is -0.497 e. The summed E-state index contributed by atoms with van der Waals surface area (Å²) in [6, 6.07) is 11.1. The lowest BCUT2D eigenvalue weighted by molar-refractivity contribution is -0.127. The maximum Gasteiger partial charge on any atom is 0.254 e. The van der Waals surface area contributed by atoms with Crippen molar-refractivity contribution in [2.75, 3.05) is 20.7 Å². The molecule has 10 nitrogen and oxygen atoms in total. The second kappa shape index (κ2) is 7.67. The molecule has 2 aliphatic rings. The topological polar surface area (TPSA) is 135 Å². The molecule has 0 bridgehead atoms. The van der Waals surface area contributed by atoms with Crippen LogP contribution in [0.2, 0.25) is 0 Å². The van der Waals surface area contributed by atoms with E-state index >= 15 is 0 Å². The normalized spacial score (nSPS) is 20.2. The molecule has 2 aromatic carbocycles. The number of hydrogen-bond donors (Lipinski definition) is 2. The summed E-state index contributed by atoms with van der Waals surface area (Å²) in [5, 5.41) is 2.78. The summed E-state index contributed by atoms with van der Waals surface area (Å²) >= 11 is 0. The van der Waals surface area contributed by atoms with Gasteiger partial charge in [0.05, 0.1) is 18.4 Å². The highest BCUT2D eigenvalue weighted by molar-refractivity contribution is 7.89. The fourth-order valence-electron chi connectivity index (χ4n) is 4.51. The number of amides is 3. The Labute approximate surface area is 194 Å². The number of methoxy groups -OCH3 is 1. The molecule has 0 spiro atoms. The number of imide groups is 1. The zero-order valence-corrected chi connectivity index (χ0v) is 19.2. The molecule has 0 radical (unpaired) electrons. The smallest absolute Gasteiger partial charge is 0.254 e. The highest BCUT2D eigenvalue weighted by Gasteiger charge is 2.53. The first-order valence-electron chi connectivity index (χ1n) is 10.4. The number of sulfonamides is 1. The van der Waals surface area contributed by atoms with E-state index in [1.807, 2.05) is 0 Å². The van der Waals surface area contributed by atoms with Gasteiger partial charge >= 0.3 is 0 Å². The van der Waals surface area contributed by atoms with Crippen LogP contribution in [0.25, 0.3) is 11.0 Å². The molecule has 3 aromatic rings. The molecule has 2 N–H and O–H groups in total. The van der Waals surface area contributed by atoms with Gasteiger partial charge in [-0.15, -0.1) is 0 Å². The van der Waals surface area contributed by atoms with Crippen LogP contribution in [0.15, 0.2) is 51.8 Å². The second-order valence-corrected chi connectivity index (χ2v) is 10.2. The molecule has 0 unspecified atom stereocenters. The van der Waals surface area contributed by atoms with Gasteiger partial charge in [-0.3, -0.25) is 19.7 Å². The van der Waals surface area contributed by atoms with Gasteiger partial charge < -0.3 is 14.1 Å². The summed E-state index contributed by atoms with van der Waals surface area (Å²) in [6.07, 6.45) is -0.198. The summed E-state index contributed by atoms with van der Waals surface area (Å²) in [7, 11) is -0.864. The number of nitrogens with zero attached hydrogens (tertiary/aromatic N) is 1. The Kier molecular flexibility index (Phi) is 4.99. The first-order valence-corrected chi connectivity index (χ1v) is 11.9. The van der Waals surface area contributed by atoms with E-state index in [9.17, 15) is 22.8 Å². The molecule has 176 valence electrons. The molecule has 2 aliphatic heterocycles. The van der Waals surface area contributed by atoms with Crippen molar-refractivity contribution in [2.45, 2.75) is 23.3 Å². The lowest BCUT2D eigenvalue weighted by atomic mass is 9.82. The predicted molar refractivity (Wildman–Crippen MR) is 120 cm³/mol. The van der Waals surface area contributed by atoms with Gasteiger partial charge in [-0.05, 0) is 49.0 Å². The van der Waals surface area contributed by atoms with Crippen LogP contribution in [0.5, 0.6) is 5.75 Å². The van der Waals surface area contributed by atoms with E-state index in [2.05, 4.69) is 10.0 Å². The van der Waals surface area contributed by atoms with Gasteiger partial charge in [-0.25, -0.2) is 13.1 Å². The lowest BCUT2D eigenvalue weighted by Crippen LogP contribution is -2.46. The number of carbonyl (C=O) groups is 3. The average Bonchev–Trinajstić information content (AvgIpc) is 3.47. The van der Waals surface area contributed by atoms with Crippen molar-refractivity contribution < 1.29 is 32.0 Å². The van der Waals surface area contributed by atoms with E-state index in [0.717, 1.165) is 5.56 Å². The predicted octanol–water partition coefficient (Wildman–Crippen LogP) is 1.29. The highest BCUT2D eigenvalue weighted by Crippen LogP contribution is 2.39. The van der Waals surface area contributed by atoms with Crippen LogP contribution in [0.3, 0.4) is 0 Å². The fraction of sp³-hybridized carbons (Fsp3) is 0.261. The molecule has 1 atom stereocenters. The molecule has 1 saturated heterocycles. The molecular formula is C23H21N3O7S. The van der Waals surface area contributed by atoms with Crippen molar-refractivity contribution in [3.8, 4) is 5.75 Å². The SMILES string of the molecule is CNS(=O)(=O)c1ccc2oc([C@]3(CN4Cc5ccc(OC)cc5C4=O)CC(=O)NC3=O)cc2c1. The molecule has 11 heteroatoms. The van der Waals surface area contributed by atoms with Gasteiger partial charge in [0.15, 0.2) is 0 Å². The number of carbonyl (C=O) groups excluding carboxylic acids is 3. The molecule has 5 rings (SSSR count). The van der Waals surface area contributed by atoms with Crippen molar-refractivity contribution in [1.29, 1.82) is 0 Å². The monoisotopic (exact) mass is 483 g/mol. The number of nitrogens with one attached hydrogen (secondary N) is 2. The third kappa shape index (κ3) is 3.35. The van der Waals surface area contributed by atoms with Gasteiger partial charge in [-0.1, -0.05) is 6.07 Å². The Morgan fingerprint density at radius 3 is 2.62 bits per heavy atom. The molecular weight excluding hydrogens is 462 g/mol. The highest BCUT2D eigenvalue weighted by atomic mass is 32.2. The number of rotatable bonds is 6. The van der Waals surface area contributed by atoms with E-state index in [4.69, 9.17) is 9.15 Å². The average molecular weight is 484 g/mol. The number of furan rings is 1. The number of fused-ring (bicyclic) bond motifs is 2. The molecule has 1 fully saturated rings. The minimum atomic E-state index is -3.68. The van der Waals surface area contributed by atoms with Crippen LogP contribution in [-0.4, -0.2) is 51.7 Å². The third-order valence-electron chi connectivity index (χ3n) is 6.35. The number of hydrogen-bond acceptors (Lipinski definition) is 7. The summed E-state index contributed by atoms with van der Waals surface area (Å²) in [4.78, 5) is 40.0. The molecule has 3 amide bonds. The van der Waals surface area contributed by atoms with Gasteiger partial charge in [0.25, 0.3) is 5.91 Å². The van der Waals surface area contributed by atoms with Crippen molar-refractivity contribution in [3.05, 3.63) is 59.4 Å². The standard InChI is InChI=1S/C23H21N3O7S/c1-24-34(30,31)16-5-6-18-14(7-16)8-19(33-18)23(10-20(27)25-22(23)29)12-26-11-13-3-4-15(32-2)9-17(13)21(26)28/h3-9,24H,10-12H2,1-2H3,(H,25,27,29)/t23-/m1/s1. The molecule has 34 heavy (non-hydrogen) atoms. The molecule has 0 aliphatic carbocycles. The quantitative estimate of drug-likeness (QED) is 0.505. The minimum absolute atomic E-state index is 0.0370. The van der Waals surface area contributed by atoms with Gasteiger partial charge in [-0.2, -0.15) is 0 Å². The summed E-state index contributed by atoms with van der Waals surface area (Å²) in [6.45, 7) is 0.189. The van der Waals surface area contributed by atoms with Crippen molar-refractivity contribution in [3.63, 3.8) is 0 Å². The maximum absolute atomic E-state index is 13.1. The Balaban J connectivity index is 1.55. The summed E-state index contributed by atoms with van der Waals surface area (Å²) in [5.74, 6) is -0.595. The fourth-order valence-corrected chi connectivity index (χ4v) is 5.28. The van der Waals surface area contributed by atoms with E-state index in [1.165, 1.54) is 37.3 Å². The van der Waals surface area contributed by atoms with Crippen molar-refractivity contribution in [2.24, 2.45) is 0 Å². The first kappa shape index (κ1) is 22.1. The van der Waals surface area contributed by atoms with E-state index in [1.54, 1.807) is 24.3 Å². The zero-order valence-electron chi connectivity index (χ0n) is 18.4. The van der Waals surface area contributed by atoms with Crippen LogP contribution in [0, 0.1) is 0 Å². The van der Waals surface area contributed by atoms with Crippen LogP contribution >= 0.6 is 0 Å². The van der Waals surface area contributed by atoms with Gasteiger partial charge in [0.2, 0.25) is 21.8 Å². The van der Waals surface area contributed by atoms with Crippen molar-refractivity contribution in [1.82, 2.24) is 14.9 Å². The maximum atomic E-state index is 13.1. The van der Waals surface area contributed by atoms with Crippen molar-refractivity contribution >= 4 is 38.7 Å². The second-order valence-electron chi connectivity index (χ2n) is 8.34. The van der Waals surface area contributed by atoms with Gasteiger partial charge in [0, 0.05) is 24.0 Å². The Morgan fingerprint density at radius 1 is 1.15 bits per heavy atom. The Bertz CT molecular complexity index is 1480. The van der Waals surface area contributed by atoms with E-state index in [-0.39, 0.29) is 36.1 Å². The first-order chi connectivity index (χ1) is 16.2. The molecule has 0 saturated carbocycles. The summed E-state index contributed by atoms with van der Waals surface area (Å²) < 4.78 is 37.8. The van der Waals surface area contributed by atoms with E-state index < -0.39 is 27.3 Å². The van der Waals surface area contributed by atoms with Gasteiger partial charge in [0.1, 0.15) is 22.5 Å². The molecule has 3 heterocycles. The van der Waals surface area contributed by atoms with Crippen LogP contribution in [0.1, 0.15) is 28.1 Å². The lowest BCUT2D eigenvalue weighted by Gasteiger charge is -2.28. The van der Waals surface area contributed by atoms with Crippen LogP contribution in [0.4, 0.5) is 0 Å². The van der Waals surface area contributed by atoms with E-state index in [0.29, 0.717) is 22.3 Å². The van der Waals surface area contributed by atoms with Crippen LogP contribution < -0.4 is 14.8 Å². The molecule has 1 aromatic heterocycles. The zero-order chi connectivity index (χ0) is 24.3. The largest absolute Gasteiger partial charge is 0.497 e. The number of ether oxygens (including phenoxy) is 1. The Hall–Kier alpha value is -3.70. The Morgan fingerprint density at radius 2 is 1.94 bits per heavy atom. The van der Waals surface area contributed by atoms with Crippen LogP contribution in [-0.2, 0) is 31.6 Å².